The third-order valence-electron chi connectivity index (χ3n) is 2.42. The molecule has 0 fully saturated rings. The number of pyridine rings is 1. The van der Waals surface area contributed by atoms with Crippen LogP contribution in [0.25, 0.3) is 0 Å². The van der Waals surface area contributed by atoms with Crippen LogP contribution in [0.5, 0.6) is 0 Å². The lowest BCUT2D eigenvalue weighted by atomic mass is 10.2. The lowest BCUT2D eigenvalue weighted by molar-refractivity contribution is -0.137. The molecule has 1 amide bonds. The SMILES string of the molecule is CC(C)NC(=O)C[C@H](C)Nc1cc(C(F)(F)F)ccn1. The number of hydrogen-bond donors (Lipinski definition) is 2. The molecule has 0 saturated carbocycles. The Bertz CT molecular complexity index is 460. The van der Waals surface area contributed by atoms with Gasteiger partial charge in [0.05, 0.1) is 5.56 Å². The maximum atomic E-state index is 12.5. The Morgan fingerprint density at radius 1 is 1.35 bits per heavy atom. The van der Waals surface area contributed by atoms with Gasteiger partial charge in [0.15, 0.2) is 0 Å². The van der Waals surface area contributed by atoms with Crippen molar-refractivity contribution < 1.29 is 18.0 Å². The Morgan fingerprint density at radius 2 is 2.00 bits per heavy atom. The molecule has 20 heavy (non-hydrogen) atoms. The van der Waals surface area contributed by atoms with E-state index in [4.69, 9.17) is 0 Å². The number of carbonyl (C=O) groups excluding carboxylic acids is 1. The molecular weight excluding hydrogens is 271 g/mol. The maximum Gasteiger partial charge on any atom is 0.416 e. The summed E-state index contributed by atoms with van der Waals surface area (Å²) in [7, 11) is 0. The molecule has 1 atom stereocenters. The molecule has 0 spiro atoms. The van der Waals surface area contributed by atoms with Gasteiger partial charge in [-0.2, -0.15) is 13.2 Å². The van der Waals surface area contributed by atoms with Crippen molar-refractivity contribution in [2.75, 3.05) is 5.32 Å². The first-order valence-corrected chi connectivity index (χ1v) is 6.27. The second kappa shape index (κ2) is 6.58. The second-order valence-electron chi connectivity index (χ2n) is 4.90. The van der Waals surface area contributed by atoms with Crippen LogP contribution in [0, 0.1) is 0 Å². The predicted molar refractivity (Wildman–Crippen MR) is 70.2 cm³/mol. The number of amides is 1. The number of rotatable bonds is 5. The number of anilines is 1. The zero-order valence-corrected chi connectivity index (χ0v) is 11.6. The number of carbonyl (C=O) groups is 1. The van der Waals surface area contributed by atoms with E-state index in [9.17, 15) is 18.0 Å². The average molecular weight is 289 g/mol. The van der Waals surface area contributed by atoms with E-state index in [0.29, 0.717) is 0 Å². The fourth-order valence-electron chi connectivity index (χ4n) is 1.65. The molecular formula is C13H18F3N3O. The fourth-order valence-corrected chi connectivity index (χ4v) is 1.65. The highest BCUT2D eigenvalue weighted by Crippen LogP contribution is 2.29. The Hall–Kier alpha value is -1.79. The first-order valence-electron chi connectivity index (χ1n) is 6.27. The number of hydrogen-bond acceptors (Lipinski definition) is 3. The topological polar surface area (TPSA) is 54.0 Å². The van der Waals surface area contributed by atoms with E-state index in [0.717, 1.165) is 18.3 Å². The number of nitrogens with one attached hydrogen (secondary N) is 2. The van der Waals surface area contributed by atoms with Crippen LogP contribution < -0.4 is 10.6 Å². The average Bonchev–Trinajstić information content (AvgIpc) is 2.26. The van der Waals surface area contributed by atoms with Crippen LogP contribution in [-0.4, -0.2) is 23.0 Å². The Kier molecular flexibility index (Phi) is 5.35. The van der Waals surface area contributed by atoms with E-state index >= 15 is 0 Å². The van der Waals surface area contributed by atoms with Gasteiger partial charge in [-0.15, -0.1) is 0 Å². The highest BCUT2D eigenvalue weighted by molar-refractivity contribution is 5.77. The zero-order valence-electron chi connectivity index (χ0n) is 11.6. The lowest BCUT2D eigenvalue weighted by Gasteiger charge is -2.16. The first kappa shape index (κ1) is 16.3. The molecule has 0 aliphatic rings. The van der Waals surface area contributed by atoms with Crippen LogP contribution in [0.4, 0.5) is 19.0 Å². The number of alkyl halides is 3. The first-order chi connectivity index (χ1) is 9.18. The Balaban J connectivity index is 2.62. The summed E-state index contributed by atoms with van der Waals surface area (Å²) in [6, 6.07) is 1.55. The molecule has 2 N–H and O–H groups in total. The van der Waals surface area contributed by atoms with Crippen molar-refractivity contribution in [3.05, 3.63) is 23.9 Å². The van der Waals surface area contributed by atoms with Gasteiger partial charge in [0.25, 0.3) is 0 Å². The molecule has 7 heteroatoms. The normalized spacial score (nSPS) is 13.2. The molecule has 0 aromatic carbocycles. The molecule has 1 rings (SSSR count). The van der Waals surface area contributed by atoms with Crippen LogP contribution in [0.3, 0.4) is 0 Å². The summed E-state index contributed by atoms with van der Waals surface area (Å²) in [5.74, 6) is -0.0587. The number of halogens is 3. The van der Waals surface area contributed by atoms with Crippen molar-refractivity contribution >= 4 is 11.7 Å². The van der Waals surface area contributed by atoms with Crippen LogP contribution in [0.15, 0.2) is 18.3 Å². The summed E-state index contributed by atoms with van der Waals surface area (Å²) in [6.45, 7) is 5.39. The number of aromatic nitrogens is 1. The molecule has 4 nitrogen and oxygen atoms in total. The van der Waals surface area contributed by atoms with E-state index < -0.39 is 11.7 Å². The molecule has 0 aliphatic heterocycles. The number of nitrogens with zero attached hydrogens (tertiary/aromatic N) is 1. The Morgan fingerprint density at radius 3 is 2.55 bits per heavy atom. The molecule has 0 radical (unpaired) electrons. The molecule has 1 heterocycles. The zero-order chi connectivity index (χ0) is 15.3. The van der Waals surface area contributed by atoms with Crippen LogP contribution >= 0.6 is 0 Å². The summed E-state index contributed by atoms with van der Waals surface area (Å²) < 4.78 is 37.6. The lowest BCUT2D eigenvalue weighted by Crippen LogP contribution is -2.34. The largest absolute Gasteiger partial charge is 0.416 e. The molecule has 1 aromatic heterocycles. The van der Waals surface area contributed by atoms with Crippen molar-refractivity contribution in [3.63, 3.8) is 0 Å². The van der Waals surface area contributed by atoms with Gasteiger partial charge < -0.3 is 10.6 Å². The van der Waals surface area contributed by atoms with E-state index in [1.807, 2.05) is 13.8 Å². The highest BCUT2D eigenvalue weighted by atomic mass is 19.4. The van der Waals surface area contributed by atoms with Crippen LogP contribution in [0.2, 0.25) is 0 Å². The van der Waals surface area contributed by atoms with Gasteiger partial charge in [-0.25, -0.2) is 4.98 Å². The maximum absolute atomic E-state index is 12.5. The fraction of sp³-hybridized carbons (Fsp3) is 0.538. The minimum absolute atomic E-state index is 0.0291. The van der Waals surface area contributed by atoms with Crippen molar-refractivity contribution in [2.45, 2.75) is 45.5 Å². The summed E-state index contributed by atoms with van der Waals surface area (Å²) in [5.41, 5.74) is -0.770. The van der Waals surface area contributed by atoms with Crippen molar-refractivity contribution in [1.29, 1.82) is 0 Å². The minimum atomic E-state index is -4.41. The van der Waals surface area contributed by atoms with Gasteiger partial charge >= 0.3 is 6.18 Å². The quantitative estimate of drug-likeness (QED) is 0.876. The molecule has 0 unspecified atom stereocenters. The molecule has 0 saturated heterocycles. The highest BCUT2D eigenvalue weighted by Gasteiger charge is 2.30. The predicted octanol–water partition coefficient (Wildman–Crippen LogP) is 2.82. The van der Waals surface area contributed by atoms with Crippen molar-refractivity contribution in [2.24, 2.45) is 0 Å². The van der Waals surface area contributed by atoms with Crippen LogP contribution in [-0.2, 0) is 11.0 Å². The van der Waals surface area contributed by atoms with Gasteiger partial charge in [-0.1, -0.05) is 0 Å². The van der Waals surface area contributed by atoms with Crippen molar-refractivity contribution in [1.82, 2.24) is 10.3 Å². The summed E-state index contributed by atoms with van der Waals surface area (Å²) in [5, 5.41) is 5.50. The van der Waals surface area contributed by atoms with Crippen molar-refractivity contribution in [3.8, 4) is 0 Å². The minimum Gasteiger partial charge on any atom is -0.367 e. The standard InChI is InChI=1S/C13H18F3N3O/c1-8(2)18-12(20)6-9(3)19-11-7-10(4-5-17-11)13(14,15)16/h4-5,7-9H,6H2,1-3H3,(H,17,19)(H,18,20)/t9-/m0/s1. The molecule has 1 aromatic rings. The summed E-state index contributed by atoms with van der Waals surface area (Å²) in [4.78, 5) is 15.3. The second-order valence-corrected chi connectivity index (χ2v) is 4.90. The summed E-state index contributed by atoms with van der Waals surface area (Å²) >= 11 is 0. The van der Waals surface area contributed by atoms with E-state index in [1.54, 1.807) is 6.92 Å². The van der Waals surface area contributed by atoms with Gasteiger partial charge in [-0.05, 0) is 32.9 Å². The third kappa shape index (κ3) is 5.46. The molecule has 0 bridgehead atoms. The van der Waals surface area contributed by atoms with E-state index in [2.05, 4.69) is 15.6 Å². The van der Waals surface area contributed by atoms with Gasteiger partial charge in [0.1, 0.15) is 5.82 Å². The van der Waals surface area contributed by atoms with Gasteiger partial charge in [0.2, 0.25) is 5.91 Å². The third-order valence-corrected chi connectivity index (χ3v) is 2.42. The van der Waals surface area contributed by atoms with Gasteiger partial charge in [0, 0.05) is 24.7 Å². The summed E-state index contributed by atoms with van der Waals surface area (Å²) in [6.07, 6.45) is -3.15. The van der Waals surface area contributed by atoms with E-state index in [1.165, 1.54) is 0 Å². The monoisotopic (exact) mass is 289 g/mol. The smallest absolute Gasteiger partial charge is 0.367 e. The van der Waals surface area contributed by atoms with E-state index in [-0.39, 0.29) is 30.2 Å². The van der Waals surface area contributed by atoms with Gasteiger partial charge in [-0.3, -0.25) is 4.79 Å². The molecule has 112 valence electrons. The molecule has 0 aliphatic carbocycles. The Labute approximate surface area is 115 Å². The van der Waals surface area contributed by atoms with Crippen LogP contribution in [0.1, 0.15) is 32.8 Å².